The maximum absolute atomic E-state index is 12.6. The Bertz CT molecular complexity index is 1250. The highest BCUT2D eigenvalue weighted by molar-refractivity contribution is 9.10. The number of amides is 1. The number of hydrogen-bond donors (Lipinski definition) is 0. The first-order chi connectivity index (χ1) is 16.7. The van der Waals surface area contributed by atoms with Crippen LogP contribution in [-0.4, -0.2) is 32.7 Å². The van der Waals surface area contributed by atoms with Gasteiger partial charge in [-0.3, -0.25) is 9.78 Å². The lowest BCUT2D eigenvalue weighted by atomic mass is 9.96. The van der Waals surface area contributed by atoms with Gasteiger partial charge in [0.2, 0.25) is 0 Å². The average molecular weight is 540 g/mol. The average Bonchev–Trinajstić information content (AvgIpc) is 2.81. The fourth-order valence-electron chi connectivity index (χ4n) is 3.91. The molecular formula is C27H30BrN3O4. The smallest absolute Gasteiger partial charge is 0.410 e. The number of carbonyl (C=O) groups excluding carboxylic acids is 1. The molecule has 184 valence electrons. The van der Waals surface area contributed by atoms with Crippen LogP contribution in [-0.2, 0) is 37.3 Å². The van der Waals surface area contributed by atoms with Crippen molar-refractivity contribution in [3.8, 4) is 5.75 Å². The topological polar surface area (TPSA) is 73.7 Å². The van der Waals surface area contributed by atoms with Gasteiger partial charge >= 0.3 is 6.09 Å². The van der Waals surface area contributed by atoms with Crippen molar-refractivity contribution in [1.82, 2.24) is 14.5 Å². The first-order valence-electron chi connectivity index (χ1n) is 11.7. The molecule has 0 spiro atoms. The van der Waals surface area contributed by atoms with Crippen LogP contribution in [0.5, 0.6) is 5.75 Å². The van der Waals surface area contributed by atoms with Crippen LogP contribution in [0.2, 0.25) is 0 Å². The maximum Gasteiger partial charge on any atom is 0.410 e. The number of hydrogen-bond acceptors (Lipinski definition) is 5. The van der Waals surface area contributed by atoms with E-state index in [1.807, 2.05) is 32.9 Å². The van der Waals surface area contributed by atoms with Gasteiger partial charge in [0.05, 0.1) is 5.69 Å². The number of aryl methyl sites for hydroxylation is 2. The van der Waals surface area contributed by atoms with Crippen LogP contribution in [0.1, 0.15) is 43.2 Å². The van der Waals surface area contributed by atoms with E-state index in [1.54, 1.807) is 27.9 Å². The van der Waals surface area contributed by atoms with Gasteiger partial charge in [0.1, 0.15) is 18.0 Å². The predicted molar refractivity (Wildman–Crippen MR) is 137 cm³/mol. The van der Waals surface area contributed by atoms with Gasteiger partial charge in [-0.25, -0.2) is 4.79 Å². The Balaban J connectivity index is 1.35. The van der Waals surface area contributed by atoms with E-state index < -0.39 is 5.60 Å². The minimum atomic E-state index is -0.511. The lowest BCUT2D eigenvalue weighted by molar-refractivity contribution is 0.0224. The highest BCUT2D eigenvalue weighted by Crippen LogP contribution is 2.23. The summed E-state index contributed by atoms with van der Waals surface area (Å²) in [6, 6.07) is 13.5. The summed E-state index contributed by atoms with van der Waals surface area (Å²) in [6.45, 7) is 7.68. The largest absolute Gasteiger partial charge is 0.487 e. The van der Waals surface area contributed by atoms with E-state index in [2.05, 4.69) is 39.1 Å². The molecule has 8 heteroatoms. The minimum Gasteiger partial charge on any atom is -0.487 e. The van der Waals surface area contributed by atoms with Gasteiger partial charge in [-0.1, -0.05) is 18.2 Å². The Morgan fingerprint density at radius 2 is 1.94 bits per heavy atom. The third-order valence-electron chi connectivity index (χ3n) is 5.72. The standard InChI is InChI=1S/C27H30BrN3O4/c1-27(2,3)35-26(33)31-12-9-20-5-4-19(14-21(20)17-31)8-11-30-13-10-24(15-25(30)32)34-18-23-7-6-22(28)16-29-23/h4-7,10,13-16H,8-9,11-12,17-18H2,1-3H3. The second-order valence-electron chi connectivity index (χ2n) is 9.66. The van der Waals surface area contributed by atoms with Crippen LogP contribution >= 0.6 is 15.9 Å². The lowest BCUT2D eigenvalue weighted by Gasteiger charge is -2.31. The highest BCUT2D eigenvalue weighted by atomic mass is 79.9. The number of carbonyl (C=O) groups is 1. The molecule has 35 heavy (non-hydrogen) atoms. The molecule has 0 fully saturated rings. The van der Waals surface area contributed by atoms with Gasteiger partial charge in [0.25, 0.3) is 5.56 Å². The van der Waals surface area contributed by atoms with Crippen molar-refractivity contribution in [2.24, 2.45) is 0 Å². The normalized spacial score (nSPS) is 13.3. The van der Waals surface area contributed by atoms with Crippen LogP contribution in [0.15, 0.2) is 64.1 Å². The van der Waals surface area contributed by atoms with Crippen molar-refractivity contribution in [3.63, 3.8) is 0 Å². The quantitative estimate of drug-likeness (QED) is 0.434. The van der Waals surface area contributed by atoms with E-state index in [4.69, 9.17) is 9.47 Å². The fourth-order valence-corrected chi connectivity index (χ4v) is 4.15. The number of nitrogens with zero attached hydrogens (tertiary/aromatic N) is 3. The van der Waals surface area contributed by atoms with Crippen LogP contribution in [0, 0.1) is 0 Å². The number of ether oxygens (including phenoxy) is 2. The summed E-state index contributed by atoms with van der Waals surface area (Å²) in [5, 5.41) is 0. The molecule has 0 unspecified atom stereocenters. The van der Waals surface area contributed by atoms with E-state index in [-0.39, 0.29) is 11.7 Å². The van der Waals surface area contributed by atoms with Crippen LogP contribution in [0.4, 0.5) is 4.79 Å². The number of halogens is 1. The zero-order valence-corrected chi connectivity index (χ0v) is 21.9. The van der Waals surface area contributed by atoms with Crippen molar-refractivity contribution in [3.05, 3.63) is 92.1 Å². The van der Waals surface area contributed by atoms with Crippen molar-refractivity contribution >= 4 is 22.0 Å². The van der Waals surface area contributed by atoms with Gasteiger partial charge in [0, 0.05) is 42.6 Å². The summed E-state index contributed by atoms with van der Waals surface area (Å²) >= 11 is 3.36. The fraction of sp³-hybridized carbons (Fsp3) is 0.370. The molecule has 2 aromatic heterocycles. The zero-order valence-electron chi connectivity index (χ0n) is 20.3. The summed E-state index contributed by atoms with van der Waals surface area (Å²) in [4.78, 5) is 31.1. The molecule has 1 amide bonds. The van der Waals surface area contributed by atoms with Crippen molar-refractivity contribution in [2.45, 2.75) is 58.9 Å². The molecule has 0 N–H and O–H groups in total. The molecule has 3 aromatic rings. The van der Waals surface area contributed by atoms with Gasteiger partial charge in [0.15, 0.2) is 0 Å². The van der Waals surface area contributed by atoms with Crippen LogP contribution in [0.3, 0.4) is 0 Å². The molecular weight excluding hydrogens is 510 g/mol. The number of benzene rings is 1. The molecule has 1 aliphatic heterocycles. The molecule has 1 aliphatic rings. The Morgan fingerprint density at radius 3 is 2.66 bits per heavy atom. The monoisotopic (exact) mass is 539 g/mol. The molecule has 0 saturated carbocycles. The van der Waals surface area contributed by atoms with E-state index >= 15 is 0 Å². The first-order valence-corrected chi connectivity index (χ1v) is 12.5. The number of rotatable bonds is 6. The first kappa shape index (κ1) is 25.0. The molecule has 1 aromatic carbocycles. The van der Waals surface area contributed by atoms with E-state index in [1.165, 1.54) is 11.6 Å². The Hall–Kier alpha value is -3.13. The zero-order chi connectivity index (χ0) is 25.0. The maximum atomic E-state index is 12.6. The number of fused-ring (bicyclic) bond motifs is 1. The molecule has 0 atom stereocenters. The summed E-state index contributed by atoms with van der Waals surface area (Å²) in [6.07, 6.45) is 4.72. The van der Waals surface area contributed by atoms with Crippen molar-refractivity contribution in [1.29, 1.82) is 0 Å². The molecule has 0 bridgehead atoms. The highest BCUT2D eigenvalue weighted by Gasteiger charge is 2.25. The molecule has 7 nitrogen and oxygen atoms in total. The van der Waals surface area contributed by atoms with Crippen molar-refractivity contribution < 1.29 is 14.3 Å². The lowest BCUT2D eigenvalue weighted by Crippen LogP contribution is -2.39. The third-order valence-corrected chi connectivity index (χ3v) is 6.19. The SMILES string of the molecule is CC(C)(C)OC(=O)N1CCc2ccc(CCn3ccc(OCc4ccc(Br)cn4)cc3=O)cc2C1. The number of pyridine rings is 2. The Kier molecular flexibility index (Phi) is 7.60. The Morgan fingerprint density at radius 1 is 1.11 bits per heavy atom. The minimum absolute atomic E-state index is 0.111. The van der Waals surface area contributed by atoms with Gasteiger partial charge < -0.3 is 18.9 Å². The molecule has 0 aliphatic carbocycles. The summed E-state index contributed by atoms with van der Waals surface area (Å²) in [7, 11) is 0. The molecule has 3 heterocycles. The second-order valence-corrected chi connectivity index (χ2v) is 10.6. The van der Waals surface area contributed by atoms with Crippen molar-refractivity contribution in [2.75, 3.05) is 6.54 Å². The third kappa shape index (κ3) is 6.94. The van der Waals surface area contributed by atoms with E-state index in [0.717, 1.165) is 27.7 Å². The predicted octanol–water partition coefficient (Wildman–Crippen LogP) is 5.12. The Labute approximate surface area is 213 Å². The molecule has 0 radical (unpaired) electrons. The van der Waals surface area contributed by atoms with E-state index in [0.29, 0.717) is 38.4 Å². The summed E-state index contributed by atoms with van der Waals surface area (Å²) < 4.78 is 13.8. The molecule has 0 saturated heterocycles. The van der Waals surface area contributed by atoms with Crippen LogP contribution < -0.4 is 10.3 Å². The summed E-state index contributed by atoms with van der Waals surface area (Å²) in [5.41, 5.74) is 3.69. The summed E-state index contributed by atoms with van der Waals surface area (Å²) in [5.74, 6) is 0.520. The van der Waals surface area contributed by atoms with Gasteiger partial charge in [-0.05, 0) is 84.4 Å². The van der Waals surface area contributed by atoms with Gasteiger partial charge in [-0.15, -0.1) is 0 Å². The number of aromatic nitrogens is 2. The second kappa shape index (κ2) is 10.6. The van der Waals surface area contributed by atoms with E-state index in [9.17, 15) is 9.59 Å². The molecule has 4 rings (SSSR count). The van der Waals surface area contributed by atoms with Crippen LogP contribution in [0.25, 0.3) is 0 Å². The van der Waals surface area contributed by atoms with Gasteiger partial charge in [-0.2, -0.15) is 0 Å².